The van der Waals surface area contributed by atoms with Gasteiger partial charge in [0.15, 0.2) is 11.7 Å². The SMILES string of the molecule is Cc1nc(N2CCOCC2)sc1C(=O)N/N=C\c1ccc(OCC#N)cc1. The fourth-order valence-electron chi connectivity index (χ4n) is 2.46. The third-order valence-corrected chi connectivity index (χ3v) is 5.05. The second-order valence-corrected chi connectivity index (χ2v) is 6.70. The van der Waals surface area contributed by atoms with Crippen molar-refractivity contribution in [2.24, 2.45) is 5.10 Å². The van der Waals surface area contributed by atoms with E-state index < -0.39 is 0 Å². The molecule has 140 valence electrons. The summed E-state index contributed by atoms with van der Waals surface area (Å²) in [4.78, 5) is 19.5. The van der Waals surface area contributed by atoms with E-state index in [9.17, 15) is 4.79 Å². The number of rotatable bonds is 6. The lowest BCUT2D eigenvalue weighted by Crippen LogP contribution is -2.36. The number of hydrazone groups is 1. The molecule has 0 radical (unpaired) electrons. The lowest BCUT2D eigenvalue weighted by molar-refractivity contribution is 0.0958. The van der Waals surface area contributed by atoms with Gasteiger partial charge in [0, 0.05) is 13.1 Å². The van der Waals surface area contributed by atoms with Gasteiger partial charge < -0.3 is 14.4 Å². The van der Waals surface area contributed by atoms with Gasteiger partial charge in [-0.1, -0.05) is 11.3 Å². The first kappa shape index (κ1) is 18.8. The highest BCUT2D eigenvalue weighted by molar-refractivity contribution is 7.17. The predicted octanol–water partition coefficient (Wildman–Crippen LogP) is 1.95. The topological polar surface area (TPSA) is 99.8 Å². The van der Waals surface area contributed by atoms with Crippen molar-refractivity contribution >= 4 is 28.6 Å². The summed E-state index contributed by atoms with van der Waals surface area (Å²) < 4.78 is 10.5. The molecule has 2 heterocycles. The van der Waals surface area contributed by atoms with Gasteiger partial charge in [0.2, 0.25) is 0 Å². The van der Waals surface area contributed by atoms with Crippen LogP contribution < -0.4 is 15.1 Å². The van der Waals surface area contributed by atoms with E-state index in [0.29, 0.717) is 29.5 Å². The molecule has 2 aromatic rings. The summed E-state index contributed by atoms with van der Waals surface area (Å²) in [6.07, 6.45) is 1.55. The molecule has 27 heavy (non-hydrogen) atoms. The minimum atomic E-state index is -0.283. The van der Waals surface area contributed by atoms with Crippen molar-refractivity contribution in [3.63, 3.8) is 0 Å². The largest absolute Gasteiger partial charge is 0.479 e. The number of thiazole rings is 1. The lowest BCUT2D eigenvalue weighted by atomic mass is 10.2. The minimum Gasteiger partial charge on any atom is -0.479 e. The zero-order valence-corrected chi connectivity index (χ0v) is 15.7. The van der Waals surface area contributed by atoms with E-state index in [1.54, 1.807) is 30.5 Å². The van der Waals surface area contributed by atoms with Crippen molar-refractivity contribution in [1.29, 1.82) is 5.26 Å². The summed E-state index contributed by atoms with van der Waals surface area (Å²) in [5.41, 5.74) is 4.03. The van der Waals surface area contributed by atoms with Crippen LogP contribution in [0.15, 0.2) is 29.4 Å². The summed E-state index contributed by atoms with van der Waals surface area (Å²) in [5.74, 6) is 0.323. The highest BCUT2D eigenvalue weighted by atomic mass is 32.1. The second-order valence-electron chi connectivity index (χ2n) is 5.73. The molecule has 0 aliphatic carbocycles. The van der Waals surface area contributed by atoms with E-state index in [1.807, 2.05) is 13.0 Å². The average molecular weight is 385 g/mol. The van der Waals surface area contributed by atoms with Crippen LogP contribution in [-0.2, 0) is 4.74 Å². The van der Waals surface area contributed by atoms with Crippen molar-refractivity contribution < 1.29 is 14.3 Å². The van der Waals surface area contributed by atoms with Crippen molar-refractivity contribution in [2.45, 2.75) is 6.92 Å². The van der Waals surface area contributed by atoms with Crippen LogP contribution in [0, 0.1) is 18.3 Å². The fourth-order valence-corrected chi connectivity index (χ4v) is 3.47. The van der Waals surface area contributed by atoms with Gasteiger partial charge in [0.05, 0.1) is 25.1 Å². The quantitative estimate of drug-likeness (QED) is 0.603. The summed E-state index contributed by atoms with van der Waals surface area (Å²) in [5, 5.41) is 13.3. The van der Waals surface area contributed by atoms with Gasteiger partial charge in [0.1, 0.15) is 16.7 Å². The molecule has 1 N–H and O–H groups in total. The van der Waals surface area contributed by atoms with E-state index in [-0.39, 0.29) is 12.5 Å². The molecular weight excluding hydrogens is 366 g/mol. The van der Waals surface area contributed by atoms with E-state index in [4.69, 9.17) is 14.7 Å². The summed E-state index contributed by atoms with van der Waals surface area (Å²) >= 11 is 1.36. The van der Waals surface area contributed by atoms with E-state index >= 15 is 0 Å². The maximum atomic E-state index is 12.4. The van der Waals surface area contributed by atoms with Gasteiger partial charge in [-0.15, -0.1) is 0 Å². The first-order valence-electron chi connectivity index (χ1n) is 8.40. The van der Waals surface area contributed by atoms with Crippen LogP contribution in [0.5, 0.6) is 5.75 Å². The molecule has 0 spiro atoms. The third-order valence-electron chi connectivity index (χ3n) is 3.84. The third kappa shape index (κ3) is 5.03. The standard InChI is InChI=1S/C18H19N5O3S/c1-13-16(27-18(21-13)23-7-10-25-11-8-23)17(24)22-20-12-14-2-4-15(5-3-14)26-9-6-19/h2-5,12H,7-11H2,1H3,(H,22,24)/b20-12-. The number of aromatic nitrogens is 1. The van der Waals surface area contributed by atoms with Gasteiger partial charge in [-0.2, -0.15) is 10.4 Å². The Labute approximate surface area is 161 Å². The van der Waals surface area contributed by atoms with Crippen LogP contribution in [-0.4, -0.2) is 50.0 Å². The number of nitrogens with zero attached hydrogens (tertiary/aromatic N) is 4. The van der Waals surface area contributed by atoms with E-state index in [1.165, 1.54) is 11.3 Å². The highest BCUT2D eigenvalue weighted by Gasteiger charge is 2.20. The first-order chi connectivity index (χ1) is 13.2. The number of benzene rings is 1. The molecule has 0 bridgehead atoms. The Bertz CT molecular complexity index is 851. The second kappa shape index (κ2) is 9.12. The van der Waals surface area contributed by atoms with Crippen LogP contribution in [0.1, 0.15) is 20.9 Å². The molecule has 1 amide bonds. The number of hydrogen-bond acceptors (Lipinski definition) is 8. The predicted molar refractivity (Wildman–Crippen MR) is 102 cm³/mol. The van der Waals surface area contributed by atoms with Crippen LogP contribution in [0.3, 0.4) is 0 Å². The van der Waals surface area contributed by atoms with Crippen molar-refractivity contribution in [2.75, 3.05) is 37.8 Å². The number of ether oxygens (including phenoxy) is 2. The number of amides is 1. The number of hydrogen-bond donors (Lipinski definition) is 1. The minimum absolute atomic E-state index is 0.00410. The number of nitriles is 1. The number of carbonyl (C=O) groups excluding carboxylic acids is 1. The van der Waals surface area contributed by atoms with Gasteiger partial charge in [-0.05, 0) is 36.8 Å². The Balaban J connectivity index is 1.58. The Morgan fingerprint density at radius 1 is 1.44 bits per heavy atom. The maximum Gasteiger partial charge on any atom is 0.283 e. The molecule has 1 saturated heterocycles. The number of aryl methyl sites for hydroxylation is 1. The van der Waals surface area contributed by atoms with Gasteiger partial charge in [0.25, 0.3) is 5.91 Å². The summed E-state index contributed by atoms with van der Waals surface area (Å²) in [6, 6.07) is 8.96. The van der Waals surface area contributed by atoms with Gasteiger partial charge in [-0.3, -0.25) is 4.79 Å². The first-order valence-corrected chi connectivity index (χ1v) is 9.22. The number of anilines is 1. The van der Waals surface area contributed by atoms with Crippen LogP contribution in [0.4, 0.5) is 5.13 Å². The van der Waals surface area contributed by atoms with Crippen LogP contribution in [0.25, 0.3) is 0 Å². The molecule has 1 aliphatic rings. The smallest absolute Gasteiger partial charge is 0.283 e. The Hall–Kier alpha value is -2.96. The number of nitrogens with one attached hydrogen (secondary N) is 1. The molecule has 3 rings (SSSR count). The molecule has 9 heteroatoms. The van der Waals surface area contributed by atoms with Crippen molar-refractivity contribution in [1.82, 2.24) is 10.4 Å². The molecule has 1 aromatic heterocycles. The monoisotopic (exact) mass is 385 g/mol. The van der Waals surface area contributed by atoms with E-state index in [2.05, 4.69) is 20.4 Å². The Morgan fingerprint density at radius 2 is 2.19 bits per heavy atom. The fraction of sp³-hybridized carbons (Fsp3) is 0.333. The molecule has 1 aromatic carbocycles. The van der Waals surface area contributed by atoms with Gasteiger partial charge in [-0.25, -0.2) is 10.4 Å². The Kier molecular flexibility index (Phi) is 6.35. The summed E-state index contributed by atoms with van der Waals surface area (Å²) in [6.45, 7) is 4.72. The molecule has 1 fully saturated rings. The molecular formula is C18H19N5O3S. The van der Waals surface area contributed by atoms with Crippen molar-refractivity contribution in [3.05, 3.63) is 40.4 Å². The zero-order valence-electron chi connectivity index (χ0n) is 14.8. The Morgan fingerprint density at radius 3 is 2.89 bits per heavy atom. The number of morpholine rings is 1. The molecule has 8 nitrogen and oxygen atoms in total. The average Bonchev–Trinajstić information content (AvgIpc) is 3.10. The molecule has 0 saturated carbocycles. The van der Waals surface area contributed by atoms with Crippen LogP contribution in [0.2, 0.25) is 0 Å². The van der Waals surface area contributed by atoms with Gasteiger partial charge >= 0.3 is 0 Å². The molecule has 1 aliphatic heterocycles. The molecule has 0 unspecified atom stereocenters. The zero-order chi connectivity index (χ0) is 19.1. The summed E-state index contributed by atoms with van der Waals surface area (Å²) in [7, 11) is 0. The lowest BCUT2D eigenvalue weighted by Gasteiger charge is -2.25. The maximum absolute atomic E-state index is 12.4. The van der Waals surface area contributed by atoms with Crippen LogP contribution >= 0.6 is 11.3 Å². The van der Waals surface area contributed by atoms with Crippen molar-refractivity contribution in [3.8, 4) is 11.8 Å². The number of carbonyl (C=O) groups is 1. The molecule has 0 atom stereocenters. The highest BCUT2D eigenvalue weighted by Crippen LogP contribution is 2.26. The normalized spacial score (nSPS) is 14.1. The van der Waals surface area contributed by atoms with E-state index in [0.717, 1.165) is 23.8 Å².